The van der Waals surface area contributed by atoms with E-state index in [-0.39, 0.29) is 18.1 Å². The molecule has 0 spiro atoms. The Kier molecular flexibility index (Phi) is 6.71. The van der Waals surface area contributed by atoms with Gasteiger partial charge in [0.2, 0.25) is 0 Å². The lowest BCUT2D eigenvalue weighted by Gasteiger charge is -2.34. The molecule has 3 heterocycles. The summed E-state index contributed by atoms with van der Waals surface area (Å²) in [5.41, 5.74) is 4.42. The highest BCUT2D eigenvalue weighted by Gasteiger charge is 2.40. The largest absolute Gasteiger partial charge is 0.385 e. The minimum absolute atomic E-state index is 0.0338. The number of nitrogens with one attached hydrogen (secondary N) is 1. The van der Waals surface area contributed by atoms with Crippen molar-refractivity contribution in [2.75, 3.05) is 33.4 Å². The van der Waals surface area contributed by atoms with Crippen LogP contribution in [0.15, 0.2) is 18.5 Å². The molecule has 4 rings (SSSR count). The van der Waals surface area contributed by atoms with E-state index in [1.165, 1.54) is 0 Å². The van der Waals surface area contributed by atoms with Crippen LogP contribution in [0, 0.1) is 6.92 Å². The third-order valence-electron chi connectivity index (χ3n) is 6.14. The predicted octanol–water partition coefficient (Wildman–Crippen LogP) is 2.81. The quantitative estimate of drug-likeness (QED) is 0.639. The van der Waals surface area contributed by atoms with Crippen LogP contribution in [0.3, 0.4) is 0 Å². The second-order valence-electron chi connectivity index (χ2n) is 8.57. The van der Waals surface area contributed by atoms with Crippen molar-refractivity contribution in [3.63, 3.8) is 0 Å². The Bertz CT molecular complexity index is 871. The highest BCUT2D eigenvalue weighted by molar-refractivity contribution is 5.85. The van der Waals surface area contributed by atoms with E-state index < -0.39 is 0 Å². The molecule has 1 saturated carbocycles. The van der Waals surface area contributed by atoms with E-state index >= 15 is 0 Å². The topological polar surface area (TPSA) is 68.6 Å². The Balaban J connectivity index is 1.62. The Morgan fingerprint density at radius 3 is 2.97 bits per heavy atom. The normalized spacial score (nSPS) is 20.4. The number of carbonyl (C=O) groups is 1. The summed E-state index contributed by atoms with van der Waals surface area (Å²) >= 11 is 0. The van der Waals surface area contributed by atoms with Crippen LogP contribution in [0.5, 0.6) is 0 Å². The van der Waals surface area contributed by atoms with Crippen LogP contribution in [0.2, 0.25) is 0 Å². The molecule has 2 aromatic heterocycles. The van der Waals surface area contributed by atoms with Gasteiger partial charge in [0.25, 0.3) is 5.91 Å². The van der Waals surface area contributed by atoms with Crippen molar-refractivity contribution < 1.29 is 14.3 Å². The number of fused-ring (bicyclic) bond motifs is 1. The van der Waals surface area contributed by atoms with Crippen LogP contribution >= 0.6 is 0 Å². The fourth-order valence-electron chi connectivity index (χ4n) is 4.39. The van der Waals surface area contributed by atoms with Crippen LogP contribution in [-0.4, -0.2) is 65.9 Å². The summed E-state index contributed by atoms with van der Waals surface area (Å²) in [4.78, 5) is 20.2. The van der Waals surface area contributed by atoms with Crippen molar-refractivity contribution in [2.24, 2.45) is 0 Å². The molecule has 1 aliphatic carbocycles. The summed E-state index contributed by atoms with van der Waals surface area (Å²) in [5.74, 6) is 0.102. The third-order valence-corrected chi connectivity index (χ3v) is 6.14. The van der Waals surface area contributed by atoms with Gasteiger partial charge in [-0.05, 0) is 51.2 Å². The number of amides is 1. The second kappa shape index (κ2) is 9.45. The van der Waals surface area contributed by atoms with Gasteiger partial charge in [-0.2, -0.15) is 0 Å². The SMILES string of the molecule is COCCCCn1cc([C@@H](C)N(C(=O)[C@H]2CNCCO2)C2CC2)c2ncc(C)cc21. The number of hydrogen-bond donors (Lipinski definition) is 1. The van der Waals surface area contributed by atoms with Crippen LogP contribution in [0.25, 0.3) is 11.0 Å². The average molecular weight is 415 g/mol. The molecule has 0 unspecified atom stereocenters. The molecule has 1 amide bonds. The maximum absolute atomic E-state index is 13.4. The van der Waals surface area contributed by atoms with Gasteiger partial charge in [-0.25, -0.2) is 0 Å². The number of carbonyl (C=O) groups excluding carboxylic acids is 1. The number of unbranched alkanes of at least 4 members (excludes halogenated alkanes) is 1. The number of aryl methyl sites for hydroxylation is 2. The van der Waals surface area contributed by atoms with Gasteiger partial charge in [0, 0.05) is 57.3 Å². The van der Waals surface area contributed by atoms with Crippen LogP contribution in [-0.2, 0) is 20.8 Å². The summed E-state index contributed by atoms with van der Waals surface area (Å²) in [5, 5.41) is 3.28. The first-order valence-corrected chi connectivity index (χ1v) is 11.2. The molecule has 2 aliphatic rings. The maximum atomic E-state index is 13.4. The monoisotopic (exact) mass is 414 g/mol. The Hall–Kier alpha value is -1.96. The van der Waals surface area contributed by atoms with Crippen molar-refractivity contribution in [3.8, 4) is 0 Å². The van der Waals surface area contributed by atoms with Crippen LogP contribution < -0.4 is 5.32 Å². The van der Waals surface area contributed by atoms with Gasteiger partial charge in [-0.1, -0.05) is 0 Å². The second-order valence-corrected chi connectivity index (χ2v) is 8.57. The van der Waals surface area contributed by atoms with Gasteiger partial charge in [-0.3, -0.25) is 9.78 Å². The molecule has 2 aromatic rings. The van der Waals surface area contributed by atoms with E-state index in [9.17, 15) is 4.79 Å². The van der Waals surface area contributed by atoms with Gasteiger partial charge >= 0.3 is 0 Å². The van der Waals surface area contributed by atoms with Gasteiger partial charge in [-0.15, -0.1) is 0 Å². The van der Waals surface area contributed by atoms with Crippen molar-refractivity contribution in [3.05, 3.63) is 29.6 Å². The summed E-state index contributed by atoms with van der Waals surface area (Å²) in [6.45, 7) is 7.90. The first-order chi connectivity index (χ1) is 14.6. The molecule has 0 radical (unpaired) electrons. The van der Waals surface area contributed by atoms with E-state index in [4.69, 9.17) is 14.5 Å². The maximum Gasteiger partial charge on any atom is 0.253 e. The Morgan fingerprint density at radius 2 is 2.27 bits per heavy atom. The number of pyridine rings is 1. The number of hydrogen-bond acceptors (Lipinski definition) is 5. The molecule has 1 saturated heterocycles. The number of nitrogens with zero attached hydrogens (tertiary/aromatic N) is 3. The van der Waals surface area contributed by atoms with Crippen molar-refractivity contribution in [1.29, 1.82) is 0 Å². The lowest BCUT2D eigenvalue weighted by atomic mass is 10.1. The van der Waals surface area contributed by atoms with E-state index in [0.29, 0.717) is 19.2 Å². The van der Waals surface area contributed by atoms with E-state index in [0.717, 1.165) is 67.5 Å². The van der Waals surface area contributed by atoms with Crippen molar-refractivity contribution >= 4 is 16.9 Å². The summed E-state index contributed by atoms with van der Waals surface area (Å²) in [6.07, 6.45) is 7.95. The fourth-order valence-corrected chi connectivity index (χ4v) is 4.39. The zero-order valence-electron chi connectivity index (χ0n) is 18.4. The summed E-state index contributed by atoms with van der Waals surface area (Å²) in [7, 11) is 1.74. The first kappa shape index (κ1) is 21.3. The summed E-state index contributed by atoms with van der Waals surface area (Å²) in [6, 6.07) is 2.48. The van der Waals surface area contributed by atoms with Crippen molar-refractivity contribution in [2.45, 2.75) is 64.3 Å². The molecule has 2 fully saturated rings. The standard InChI is InChI=1S/C23H34N4O3/c1-16-12-20-22(25-13-16)19(15-26(20)9-4-5-10-29-3)17(2)27(18-6-7-18)23(28)21-14-24-8-11-30-21/h12-13,15,17-18,21,24H,4-11,14H2,1-3H3/t17-,21-/m1/s1. The van der Waals surface area contributed by atoms with E-state index in [1.807, 2.05) is 6.20 Å². The lowest BCUT2D eigenvalue weighted by molar-refractivity contribution is -0.148. The number of morpholine rings is 1. The van der Waals surface area contributed by atoms with Crippen LogP contribution in [0.4, 0.5) is 0 Å². The molecular formula is C23H34N4O3. The minimum Gasteiger partial charge on any atom is -0.385 e. The van der Waals surface area contributed by atoms with Crippen molar-refractivity contribution in [1.82, 2.24) is 19.8 Å². The molecule has 7 nitrogen and oxygen atoms in total. The molecule has 1 aliphatic heterocycles. The number of aromatic nitrogens is 2. The molecule has 7 heteroatoms. The predicted molar refractivity (Wildman–Crippen MR) is 116 cm³/mol. The van der Waals surface area contributed by atoms with E-state index in [2.05, 4.69) is 40.9 Å². The van der Waals surface area contributed by atoms with Gasteiger partial charge < -0.3 is 24.3 Å². The van der Waals surface area contributed by atoms with E-state index in [1.54, 1.807) is 7.11 Å². The molecule has 1 N–H and O–H groups in total. The highest BCUT2D eigenvalue weighted by atomic mass is 16.5. The van der Waals surface area contributed by atoms with Gasteiger partial charge in [0.1, 0.15) is 6.10 Å². The minimum atomic E-state index is -0.389. The zero-order chi connectivity index (χ0) is 21.1. The molecule has 30 heavy (non-hydrogen) atoms. The molecule has 2 atom stereocenters. The fraction of sp³-hybridized carbons (Fsp3) is 0.652. The number of ether oxygens (including phenoxy) is 2. The summed E-state index contributed by atoms with van der Waals surface area (Å²) < 4.78 is 13.3. The Morgan fingerprint density at radius 1 is 1.43 bits per heavy atom. The number of rotatable bonds is 9. The smallest absolute Gasteiger partial charge is 0.253 e. The van der Waals surface area contributed by atoms with Gasteiger partial charge in [0.15, 0.2) is 0 Å². The zero-order valence-corrected chi connectivity index (χ0v) is 18.4. The molecule has 164 valence electrons. The molecule has 0 bridgehead atoms. The average Bonchev–Trinajstić information content (AvgIpc) is 3.53. The molecule has 0 aromatic carbocycles. The third kappa shape index (κ3) is 4.53. The highest BCUT2D eigenvalue weighted by Crippen LogP contribution is 2.38. The Labute approximate surface area is 178 Å². The molecular weight excluding hydrogens is 380 g/mol. The first-order valence-electron chi connectivity index (χ1n) is 11.2. The lowest BCUT2D eigenvalue weighted by Crippen LogP contribution is -2.50. The number of methoxy groups -OCH3 is 1. The van der Waals surface area contributed by atoms with Crippen LogP contribution in [0.1, 0.15) is 49.8 Å². The van der Waals surface area contributed by atoms with Gasteiger partial charge in [0.05, 0.1) is 23.7 Å².